The van der Waals surface area contributed by atoms with Crippen LogP contribution in [0.25, 0.3) is 0 Å². The summed E-state index contributed by atoms with van der Waals surface area (Å²) in [6.45, 7) is 3.18. The summed E-state index contributed by atoms with van der Waals surface area (Å²) in [5.41, 5.74) is 7.43. The molecular formula is C15H20N4O. The van der Waals surface area contributed by atoms with Gasteiger partial charge in [0.1, 0.15) is 0 Å². The van der Waals surface area contributed by atoms with Crippen LogP contribution in [0.4, 0.5) is 5.69 Å². The van der Waals surface area contributed by atoms with Crippen molar-refractivity contribution in [2.75, 3.05) is 11.9 Å². The Bertz CT molecular complexity index is 551. The molecule has 2 aromatic rings. The Morgan fingerprint density at radius 2 is 2.30 bits per heavy atom. The highest BCUT2D eigenvalue weighted by molar-refractivity contribution is 5.90. The van der Waals surface area contributed by atoms with E-state index < -0.39 is 0 Å². The fraction of sp³-hybridized carbons (Fsp3) is 0.333. The van der Waals surface area contributed by atoms with Gasteiger partial charge in [0.2, 0.25) is 5.91 Å². The Morgan fingerprint density at radius 3 is 3.00 bits per heavy atom. The topological polar surface area (TPSA) is 72.9 Å². The van der Waals surface area contributed by atoms with E-state index in [9.17, 15) is 4.79 Å². The normalized spacial score (nSPS) is 12.1. The van der Waals surface area contributed by atoms with Crippen LogP contribution in [0, 0.1) is 5.92 Å². The number of hydrogen-bond acceptors (Lipinski definition) is 3. The van der Waals surface area contributed by atoms with Gasteiger partial charge in [0, 0.05) is 24.5 Å². The van der Waals surface area contributed by atoms with Crippen molar-refractivity contribution in [1.82, 2.24) is 9.78 Å². The van der Waals surface area contributed by atoms with Crippen molar-refractivity contribution in [2.24, 2.45) is 11.7 Å². The number of nitrogens with one attached hydrogen (secondary N) is 1. The SMILES string of the molecule is CC(CN)CC(=O)Nc1cccc(Cn2cccn2)c1. The van der Waals surface area contributed by atoms with Gasteiger partial charge in [-0.15, -0.1) is 0 Å². The fourth-order valence-corrected chi connectivity index (χ4v) is 1.94. The average Bonchev–Trinajstić information content (AvgIpc) is 2.91. The molecule has 1 aromatic carbocycles. The molecule has 20 heavy (non-hydrogen) atoms. The van der Waals surface area contributed by atoms with Crippen LogP contribution in [-0.2, 0) is 11.3 Å². The van der Waals surface area contributed by atoms with Crippen molar-refractivity contribution >= 4 is 11.6 Å². The molecule has 1 heterocycles. The molecule has 0 aliphatic rings. The number of benzene rings is 1. The van der Waals surface area contributed by atoms with E-state index in [4.69, 9.17) is 5.73 Å². The van der Waals surface area contributed by atoms with Gasteiger partial charge >= 0.3 is 0 Å². The molecule has 5 nitrogen and oxygen atoms in total. The monoisotopic (exact) mass is 272 g/mol. The van der Waals surface area contributed by atoms with E-state index in [-0.39, 0.29) is 11.8 Å². The predicted molar refractivity (Wildman–Crippen MR) is 79.2 cm³/mol. The minimum Gasteiger partial charge on any atom is -0.330 e. The van der Waals surface area contributed by atoms with Gasteiger partial charge < -0.3 is 11.1 Å². The maximum Gasteiger partial charge on any atom is 0.224 e. The molecule has 5 heteroatoms. The van der Waals surface area contributed by atoms with Crippen LogP contribution in [0.2, 0.25) is 0 Å². The van der Waals surface area contributed by atoms with E-state index in [2.05, 4.69) is 10.4 Å². The number of anilines is 1. The fourth-order valence-electron chi connectivity index (χ4n) is 1.94. The minimum absolute atomic E-state index is 0.000751. The Balaban J connectivity index is 1.97. The lowest BCUT2D eigenvalue weighted by Gasteiger charge is -2.10. The van der Waals surface area contributed by atoms with E-state index in [0.29, 0.717) is 19.5 Å². The molecule has 0 spiro atoms. The van der Waals surface area contributed by atoms with Gasteiger partial charge in [-0.2, -0.15) is 5.10 Å². The van der Waals surface area contributed by atoms with Crippen LogP contribution in [-0.4, -0.2) is 22.2 Å². The molecule has 0 bridgehead atoms. The van der Waals surface area contributed by atoms with Gasteiger partial charge in [-0.1, -0.05) is 19.1 Å². The first-order valence-corrected chi connectivity index (χ1v) is 6.73. The number of nitrogens with two attached hydrogens (primary N) is 1. The molecule has 106 valence electrons. The molecule has 0 aliphatic heterocycles. The molecule has 3 N–H and O–H groups in total. The number of hydrogen-bond donors (Lipinski definition) is 2. The van der Waals surface area contributed by atoms with E-state index in [1.807, 2.05) is 48.1 Å². The number of rotatable bonds is 6. The number of carbonyl (C=O) groups excluding carboxylic acids is 1. The third kappa shape index (κ3) is 4.20. The minimum atomic E-state index is -0.000751. The van der Waals surface area contributed by atoms with E-state index in [1.54, 1.807) is 6.20 Å². The van der Waals surface area contributed by atoms with Crippen LogP contribution >= 0.6 is 0 Å². The van der Waals surface area contributed by atoms with Crippen molar-refractivity contribution in [3.8, 4) is 0 Å². The molecule has 0 fully saturated rings. The van der Waals surface area contributed by atoms with Crippen LogP contribution in [0.5, 0.6) is 0 Å². The quantitative estimate of drug-likeness (QED) is 0.843. The van der Waals surface area contributed by atoms with Crippen molar-refractivity contribution in [2.45, 2.75) is 19.9 Å². The molecule has 1 aromatic heterocycles. The highest BCUT2D eigenvalue weighted by Crippen LogP contribution is 2.13. The summed E-state index contributed by atoms with van der Waals surface area (Å²) in [7, 11) is 0. The zero-order valence-electron chi connectivity index (χ0n) is 11.6. The maximum atomic E-state index is 11.8. The first-order chi connectivity index (χ1) is 9.67. The summed E-state index contributed by atoms with van der Waals surface area (Å²) in [5.74, 6) is 0.196. The lowest BCUT2D eigenvalue weighted by atomic mass is 10.1. The van der Waals surface area contributed by atoms with Gasteiger partial charge in [-0.3, -0.25) is 9.48 Å². The highest BCUT2D eigenvalue weighted by Gasteiger charge is 2.08. The van der Waals surface area contributed by atoms with Crippen molar-refractivity contribution in [3.05, 3.63) is 48.3 Å². The van der Waals surface area contributed by atoms with Gasteiger partial charge in [0.15, 0.2) is 0 Å². The third-order valence-electron chi connectivity index (χ3n) is 3.05. The predicted octanol–water partition coefficient (Wildman–Crippen LogP) is 1.85. The van der Waals surface area contributed by atoms with Crippen LogP contribution in [0.3, 0.4) is 0 Å². The lowest BCUT2D eigenvalue weighted by molar-refractivity contribution is -0.116. The van der Waals surface area contributed by atoms with E-state index in [0.717, 1.165) is 11.3 Å². The molecule has 0 aliphatic carbocycles. The Kier molecular flexibility index (Phi) is 4.90. The van der Waals surface area contributed by atoms with Crippen LogP contribution in [0.1, 0.15) is 18.9 Å². The second-order valence-corrected chi connectivity index (χ2v) is 5.00. The molecule has 2 rings (SSSR count). The highest BCUT2D eigenvalue weighted by atomic mass is 16.1. The summed E-state index contributed by atoms with van der Waals surface area (Å²) in [6, 6.07) is 9.69. The molecule has 1 unspecified atom stereocenters. The van der Waals surface area contributed by atoms with Gasteiger partial charge in [-0.05, 0) is 36.2 Å². The summed E-state index contributed by atoms with van der Waals surface area (Å²) >= 11 is 0. The zero-order chi connectivity index (χ0) is 14.4. The van der Waals surface area contributed by atoms with E-state index in [1.165, 1.54) is 0 Å². The molecule has 0 saturated carbocycles. The lowest BCUT2D eigenvalue weighted by Crippen LogP contribution is -2.20. The summed E-state index contributed by atoms with van der Waals surface area (Å²) in [6.07, 6.45) is 4.11. The van der Waals surface area contributed by atoms with Gasteiger partial charge in [-0.25, -0.2) is 0 Å². The van der Waals surface area contributed by atoms with Crippen LogP contribution < -0.4 is 11.1 Å². The Hall–Kier alpha value is -2.14. The number of aromatic nitrogens is 2. The third-order valence-corrected chi connectivity index (χ3v) is 3.05. The number of nitrogens with zero attached hydrogens (tertiary/aromatic N) is 2. The van der Waals surface area contributed by atoms with Gasteiger partial charge in [0.25, 0.3) is 0 Å². The maximum absolute atomic E-state index is 11.8. The first-order valence-electron chi connectivity index (χ1n) is 6.73. The van der Waals surface area contributed by atoms with E-state index >= 15 is 0 Å². The largest absolute Gasteiger partial charge is 0.330 e. The first kappa shape index (κ1) is 14.3. The van der Waals surface area contributed by atoms with Crippen molar-refractivity contribution < 1.29 is 4.79 Å². The zero-order valence-corrected chi connectivity index (χ0v) is 11.6. The summed E-state index contributed by atoms with van der Waals surface area (Å²) in [4.78, 5) is 11.8. The number of amides is 1. The second kappa shape index (κ2) is 6.86. The molecule has 1 amide bonds. The van der Waals surface area contributed by atoms with Crippen molar-refractivity contribution in [3.63, 3.8) is 0 Å². The smallest absolute Gasteiger partial charge is 0.224 e. The van der Waals surface area contributed by atoms with Gasteiger partial charge in [0.05, 0.1) is 6.54 Å². The number of carbonyl (C=O) groups is 1. The standard InChI is InChI=1S/C15H20N4O/c1-12(10-16)8-15(20)18-14-5-2-4-13(9-14)11-19-7-3-6-17-19/h2-7,9,12H,8,10-11,16H2,1H3,(H,18,20). The molecule has 0 saturated heterocycles. The summed E-state index contributed by atoms with van der Waals surface area (Å²) in [5, 5.41) is 7.07. The molecular weight excluding hydrogens is 252 g/mol. The molecule has 1 atom stereocenters. The van der Waals surface area contributed by atoms with Crippen LogP contribution in [0.15, 0.2) is 42.7 Å². The average molecular weight is 272 g/mol. The van der Waals surface area contributed by atoms with Crippen molar-refractivity contribution in [1.29, 1.82) is 0 Å². The second-order valence-electron chi connectivity index (χ2n) is 5.00. The Morgan fingerprint density at radius 1 is 1.45 bits per heavy atom. The Labute approximate surface area is 118 Å². The summed E-state index contributed by atoms with van der Waals surface area (Å²) < 4.78 is 1.84. The molecule has 0 radical (unpaired) electrons.